The van der Waals surface area contributed by atoms with Crippen molar-refractivity contribution >= 4 is 0 Å². The Balaban J connectivity index is 1.91. The first kappa shape index (κ1) is 13.5. The van der Waals surface area contributed by atoms with Crippen molar-refractivity contribution in [3.63, 3.8) is 0 Å². The van der Waals surface area contributed by atoms with Crippen molar-refractivity contribution in [2.45, 2.75) is 12.5 Å². The fraction of sp³-hybridized carbons (Fsp3) is 0.571. The third kappa shape index (κ3) is 3.77. The van der Waals surface area contributed by atoms with E-state index in [1.54, 1.807) is 12.1 Å². The molecule has 0 aromatic heterocycles. The molecule has 0 spiro atoms. The summed E-state index contributed by atoms with van der Waals surface area (Å²) in [5.41, 5.74) is 1.00. The van der Waals surface area contributed by atoms with Crippen molar-refractivity contribution in [2.24, 2.45) is 5.92 Å². The van der Waals surface area contributed by atoms with Gasteiger partial charge in [0, 0.05) is 19.1 Å². The van der Waals surface area contributed by atoms with Crippen LogP contribution in [0.2, 0.25) is 0 Å². The van der Waals surface area contributed by atoms with Crippen LogP contribution < -0.4 is 5.32 Å². The van der Waals surface area contributed by atoms with Gasteiger partial charge in [0.05, 0.1) is 19.3 Å². The van der Waals surface area contributed by atoms with E-state index < -0.39 is 0 Å². The highest BCUT2D eigenvalue weighted by atomic mass is 19.1. The molecule has 1 aromatic carbocycles. The van der Waals surface area contributed by atoms with Crippen LogP contribution in [-0.2, 0) is 9.47 Å². The molecular weight excluding hydrogens is 233 g/mol. The van der Waals surface area contributed by atoms with E-state index in [4.69, 9.17) is 9.47 Å². The molecule has 1 fully saturated rings. The Kier molecular flexibility index (Phi) is 5.11. The highest BCUT2D eigenvalue weighted by molar-refractivity contribution is 5.19. The van der Waals surface area contributed by atoms with E-state index >= 15 is 0 Å². The predicted octanol–water partition coefficient (Wildman–Crippen LogP) is 2.14. The summed E-state index contributed by atoms with van der Waals surface area (Å²) in [6.45, 7) is 3.04. The SMILES string of the molecule is CNCC(OCC1CCOC1)c1ccc(F)cc1. The molecule has 2 unspecified atom stereocenters. The first-order chi connectivity index (χ1) is 8.79. The number of halogens is 1. The van der Waals surface area contributed by atoms with Gasteiger partial charge in [0.15, 0.2) is 0 Å². The van der Waals surface area contributed by atoms with Crippen LogP contribution in [0.5, 0.6) is 0 Å². The summed E-state index contributed by atoms with van der Waals surface area (Å²) in [4.78, 5) is 0. The molecule has 1 aliphatic rings. The van der Waals surface area contributed by atoms with E-state index in [9.17, 15) is 4.39 Å². The monoisotopic (exact) mass is 253 g/mol. The van der Waals surface area contributed by atoms with Gasteiger partial charge in [0.2, 0.25) is 0 Å². The van der Waals surface area contributed by atoms with Gasteiger partial charge < -0.3 is 14.8 Å². The van der Waals surface area contributed by atoms with E-state index in [0.717, 1.165) is 31.7 Å². The van der Waals surface area contributed by atoms with Crippen LogP contribution in [0.1, 0.15) is 18.1 Å². The maximum absolute atomic E-state index is 12.9. The molecule has 0 amide bonds. The summed E-state index contributed by atoms with van der Waals surface area (Å²) >= 11 is 0. The minimum Gasteiger partial charge on any atom is -0.381 e. The minimum atomic E-state index is -0.217. The maximum Gasteiger partial charge on any atom is 0.123 e. The van der Waals surface area contributed by atoms with Gasteiger partial charge in [-0.05, 0) is 31.2 Å². The van der Waals surface area contributed by atoms with Crippen LogP contribution in [0, 0.1) is 11.7 Å². The lowest BCUT2D eigenvalue weighted by Gasteiger charge is -2.20. The molecule has 0 radical (unpaired) electrons. The minimum absolute atomic E-state index is 0.0313. The van der Waals surface area contributed by atoms with Gasteiger partial charge in [-0.25, -0.2) is 4.39 Å². The van der Waals surface area contributed by atoms with Crippen LogP contribution in [0.4, 0.5) is 4.39 Å². The zero-order valence-corrected chi connectivity index (χ0v) is 10.7. The average Bonchev–Trinajstić information content (AvgIpc) is 2.89. The Bertz CT molecular complexity index is 349. The fourth-order valence-electron chi connectivity index (χ4n) is 2.10. The van der Waals surface area contributed by atoms with E-state index in [-0.39, 0.29) is 11.9 Å². The molecule has 0 bridgehead atoms. The summed E-state index contributed by atoms with van der Waals surface area (Å²) < 4.78 is 24.1. The second kappa shape index (κ2) is 6.83. The Labute approximate surface area is 107 Å². The summed E-state index contributed by atoms with van der Waals surface area (Å²) in [5.74, 6) is 0.274. The number of likely N-dealkylation sites (N-methyl/N-ethyl adjacent to an activating group) is 1. The summed E-state index contributed by atoms with van der Waals surface area (Å²) in [5, 5.41) is 3.11. The molecule has 1 saturated heterocycles. The van der Waals surface area contributed by atoms with Crippen LogP contribution in [0.3, 0.4) is 0 Å². The number of nitrogens with one attached hydrogen (secondary N) is 1. The summed E-state index contributed by atoms with van der Waals surface area (Å²) in [7, 11) is 1.89. The van der Waals surface area contributed by atoms with Crippen molar-refractivity contribution in [3.05, 3.63) is 35.6 Å². The van der Waals surface area contributed by atoms with Crippen molar-refractivity contribution in [1.82, 2.24) is 5.32 Å². The zero-order chi connectivity index (χ0) is 12.8. The lowest BCUT2D eigenvalue weighted by atomic mass is 10.1. The van der Waals surface area contributed by atoms with E-state index in [1.807, 2.05) is 7.05 Å². The molecule has 1 aromatic rings. The Hall–Kier alpha value is -0.970. The molecule has 3 nitrogen and oxygen atoms in total. The van der Waals surface area contributed by atoms with E-state index in [1.165, 1.54) is 12.1 Å². The van der Waals surface area contributed by atoms with Crippen molar-refractivity contribution < 1.29 is 13.9 Å². The number of hydrogen-bond donors (Lipinski definition) is 1. The Morgan fingerprint density at radius 1 is 1.44 bits per heavy atom. The third-order valence-electron chi connectivity index (χ3n) is 3.19. The molecule has 2 rings (SSSR count). The van der Waals surface area contributed by atoms with Crippen molar-refractivity contribution in [1.29, 1.82) is 0 Å². The average molecular weight is 253 g/mol. The summed E-state index contributed by atoms with van der Waals surface area (Å²) in [6, 6.07) is 6.51. The van der Waals surface area contributed by atoms with Crippen molar-refractivity contribution in [2.75, 3.05) is 33.4 Å². The highest BCUT2D eigenvalue weighted by Gasteiger charge is 2.19. The van der Waals surface area contributed by atoms with E-state index in [2.05, 4.69) is 5.32 Å². The molecule has 0 aliphatic carbocycles. The standard InChI is InChI=1S/C14H20FNO2/c1-16-8-14(12-2-4-13(15)5-3-12)18-10-11-6-7-17-9-11/h2-5,11,14,16H,6-10H2,1H3. The van der Waals surface area contributed by atoms with Crippen LogP contribution in [-0.4, -0.2) is 33.4 Å². The third-order valence-corrected chi connectivity index (χ3v) is 3.19. The lowest BCUT2D eigenvalue weighted by molar-refractivity contribution is 0.0264. The van der Waals surface area contributed by atoms with Gasteiger partial charge in [-0.2, -0.15) is 0 Å². The second-order valence-corrected chi connectivity index (χ2v) is 4.66. The first-order valence-corrected chi connectivity index (χ1v) is 6.39. The normalized spacial score (nSPS) is 21.1. The lowest BCUT2D eigenvalue weighted by Crippen LogP contribution is -2.22. The first-order valence-electron chi connectivity index (χ1n) is 6.39. The van der Waals surface area contributed by atoms with Gasteiger partial charge >= 0.3 is 0 Å². The topological polar surface area (TPSA) is 30.5 Å². The van der Waals surface area contributed by atoms with Crippen molar-refractivity contribution in [3.8, 4) is 0 Å². The predicted molar refractivity (Wildman–Crippen MR) is 67.9 cm³/mol. The van der Waals surface area contributed by atoms with Gasteiger partial charge in [-0.3, -0.25) is 0 Å². The molecule has 100 valence electrons. The molecule has 2 atom stereocenters. The quantitative estimate of drug-likeness (QED) is 0.842. The Morgan fingerprint density at radius 3 is 2.83 bits per heavy atom. The van der Waals surface area contributed by atoms with E-state index in [0.29, 0.717) is 12.5 Å². The van der Waals surface area contributed by atoms with Crippen LogP contribution in [0.25, 0.3) is 0 Å². The molecule has 18 heavy (non-hydrogen) atoms. The Morgan fingerprint density at radius 2 is 2.22 bits per heavy atom. The smallest absolute Gasteiger partial charge is 0.123 e. The largest absolute Gasteiger partial charge is 0.381 e. The van der Waals surface area contributed by atoms with Gasteiger partial charge in [-0.15, -0.1) is 0 Å². The number of benzene rings is 1. The number of hydrogen-bond acceptors (Lipinski definition) is 3. The second-order valence-electron chi connectivity index (χ2n) is 4.66. The number of ether oxygens (including phenoxy) is 2. The molecule has 1 aliphatic heterocycles. The highest BCUT2D eigenvalue weighted by Crippen LogP contribution is 2.20. The maximum atomic E-state index is 12.9. The molecule has 4 heteroatoms. The van der Waals surface area contributed by atoms with Gasteiger partial charge in [0.1, 0.15) is 5.82 Å². The molecule has 0 saturated carbocycles. The van der Waals surface area contributed by atoms with Gasteiger partial charge in [-0.1, -0.05) is 12.1 Å². The van der Waals surface area contributed by atoms with Gasteiger partial charge in [0.25, 0.3) is 0 Å². The summed E-state index contributed by atoms with van der Waals surface area (Å²) in [6.07, 6.45) is 1.03. The fourth-order valence-corrected chi connectivity index (χ4v) is 2.10. The number of rotatable bonds is 6. The zero-order valence-electron chi connectivity index (χ0n) is 10.7. The van der Waals surface area contributed by atoms with Crippen LogP contribution in [0.15, 0.2) is 24.3 Å². The molecule has 1 heterocycles. The molecule has 1 N–H and O–H groups in total. The molecular formula is C14H20FNO2. The van der Waals surface area contributed by atoms with Crippen LogP contribution >= 0.6 is 0 Å².